The molecule has 18 heavy (non-hydrogen) atoms. The first-order chi connectivity index (χ1) is 8.24. The Kier molecular flexibility index (Phi) is 6.19. The third-order valence-corrected chi connectivity index (χ3v) is 2.67. The number of hydrogen-bond acceptors (Lipinski definition) is 6. The fourth-order valence-electron chi connectivity index (χ4n) is 1.59. The summed E-state index contributed by atoms with van der Waals surface area (Å²) in [6.07, 6.45) is -6.76. The van der Waals surface area contributed by atoms with Crippen LogP contribution >= 0.6 is 0 Å². The van der Waals surface area contributed by atoms with E-state index in [1.807, 2.05) is 0 Å². The van der Waals surface area contributed by atoms with Gasteiger partial charge in [-0.1, -0.05) is 6.92 Å². The molecule has 0 saturated heterocycles. The third-order valence-electron chi connectivity index (χ3n) is 2.67. The van der Waals surface area contributed by atoms with Gasteiger partial charge in [0.05, 0.1) is 0 Å². The lowest BCUT2D eigenvalue weighted by molar-refractivity contribution is -0.205. The molecule has 0 heterocycles. The van der Waals surface area contributed by atoms with Crippen LogP contribution in [0.5, 0.6) is 0 Å². The molecule has 0 radical (unpaired) electrons. The first-order valence-electron chi connectivity index (χ1n) is 5.38. The first kappa shape index (κ1) is 16.8. The Morgan fingerprint density at radius 2 is 1.67 bits per heavy atom. The van der Waals surface area contributed by atoms with Gasteiger partial charge in [-0.25, -0.2) is 9.59 Å². The largest absolute Gasteiger partial charge is 0.479 e. The van der Waals surface area contributed by atoms with E-state index >= 15 is 0 Å². The Hall–Kier alpha value is -1.22. The Morgan fingerprint density at radius 1 is 1.17 bits per heavy atom. The van der Waals surface area contributed by atoms with Crippen molar-refractivity contribution in [2.24, 2.45) is 0 Å². The van der Waals surface area contributed by atoms with Gasteiger partial charge in [-0.2, -0.15) is 0 Å². The number of aliphatic hydroxyl groups excluding tert-OH is 3. The topological polar surface area (TPSA) is 145 Å². The lowest BCUT2D eigenvalue weighted by Crippen LogP contribution is -2.59. The molecule has 4 unspecified atom stereocenters. The lowest BCUT2D eigenvalue weighted by Gasteiger charge is -2.35. The van der Waals surface area contributed by atoms with Gasteiger partial charge >= 0.3 is 11.9 Å². The van der Waals surface area contributed by atoms with Crippen molar-refractivity contribution in [1.29, 1.82) is 0 Å². The van der Waals surface area contributed by atoms with Crippen molar-refractivity contribution < 1.29 is 39.9 Å². The number of ether oxygens (including phenoxy) is 1. The molecule has 0 aromatic heterocycles. The maximum atomic E-state index is 11.2. The van der Waals surface area contributed by atoms with Gasteiger partial charge in [0.2, 0.25) is 0 Å². The Morgan fingerprint density at radius 3 is 1.94 bits per heavy atom. The first-order valence-corrected chi connectivity index (χ1v) is 5.38. The van der Waals surface area contributed by atoms with Gasteiger partial charge in [-0.15, -0.1) is 0 Å². The van der Waals surface area contributed by atoms with E-state index in [0.29, 0.717) is 0 Å². The van der Waals surface area contributed by atoms with Gasteiger partial charge in [0.15, 0.2) is 11.7 Å². The minimum atomic E-state index is -2.30. The van der Waals surface area contributed by atoms with Crippen molar-refractivity contribution in [2.75, 3.05) is 6.61 Å². The van der Waals surface area contributed by atoms with Crippen LogP contribution in [-0.4, -0.2) is 68.0 Å². The summed E-state index contributed by atoms with van der Waals surface area (Å²) in [7, 11) is 0. The van der Waals surface area contributed by atoms with Crippen molar-refractivity contribution in [3.63, 3.8) is 0 Å². The summed E-state index contributed by atoms with van der Waals surface area (Å²) in [6.45, 7) is 2.82. The molecule has 8 nitrogen and oxygen atoms in total. The van der Waals surface area contributed by atoms with E-state index in [9.17, 15) is 19.8 Å². The maximum Gasteiger partial charge on any atom is 0.338 e. The molecule has 0 amide bonds. The molecule has 5 N–H and O–H groups in total. The number of rotatable bonds is 8. The Balaban J connectivity index is 5.24. The zero-order valence-electron chi connectivity index (χ0n) is 10.1. The van der Waals surface area contributed by atoms with Gasteiger partial charge in [0.25, 0.3) is 0 Å². The van der Waals surface area contributed by atoms with Crippen LogP contribution in [0.15, 0.2) is 0 Å². The van der Waals surface area contributed by atoms with Crippen LogP contribution in [0, 0.1) is 0 Å². The normalized spacial score (nSPS) is 19.6. The average Bonchev–Trinajstić information content (AvgIpc) is 2.32. The van der Waals surface area contributed by atoms with Crippen LogP contribution in [0.1, 0.15) is 20.3 Å². The van der Waals surface area contributed by atoms with Crippen LogP contribution in [-0.2, 0) is 14.3 Å². The highest BCUT2D eigenvalue weighted by atomic mass is 16.5. The predicted octanol–water partition coefficient (Wildman–Crippen LogP) is -1.58. The second-order valence-electron chi connectivity index (χ2n) is 3.70. The highest BCUT2D eigenvalue weighted by Gasteiger charge is 2.50. The van der Waals surface area contributed by atoms with Crippen molar-refractivity contribution >= 4 is 11.9 Å². The van der Waals surface area contributed by atoms with E-state index in [1.54, 1.807) is 0 Å². The van der Waals surface area contributed by atoms with E-state index < -0.39 is 35.9 Å². The summed E-state index contributed by atoms with van der Waals surface area (Å²) in [6, 6.07) is 0. The molecule has 106 valence electrons. The number of carbonyl (C=O) groups is 2. The molecule has 0 aliphatic carbocycles. The van der Waals surface area contributed by atoms with Gasteiger partial charge in [-0.3, -0.25) is 0 Å². The number of carboxylic acids is 2. The van der Waals surface area contributed by atoms with Gasteiger partial charge in [-0.05, 0) is 13.3 Å². The summed E-state index contributed by atoms with van der Waals surface area (Å²) < 4.78 is 4.94. The monoisotopic (exact) mass is 266 g/mol. The minimum Gasteiger partial charge on any atom is -0.479 e. The number of hydrogen-bond donors (Lipinski definition) is 5. The van der Waals surface area contributed by atoms with Crippen molar-refractivity contribution in [1.82, 2.24) is 0 Å². The van der Waals surface area contributed by atoms with Crippen LogP contribution in [0.25, 0.3) is 0 Å². The highest BCUT2D eigenvalue weighted by molar-refractivity contribution is 5.79. The lowest BCUT2D eigenvalue weighted by atomic mass is 9.87. The quantitative estimate of drug-likeness (QED) is 0.354. The van der Waals surface area contributed by atoms with Crippen molar-refractivity contribution in [2.45, 2.75) is 44.2 Å². The molecule has 0 bridgehead atoms. The Bertz CT molecular complexity index is 304. The standard InChI is InChI=1S/C10H18O8/c1-3-10(9(16)17,18-4-2)7(13)5(11)6(12)8(14)15/h5-7,11-13H,3-4H2,1-2H3,(H,14,15)(H,16,17). The predicted molar refractivity (Wildman–Crippen MR) is 57.9 cm³/mol. The van der Waals surface area contributed by atoms with Crippen LogP contribution in [0.4, 0.5) is 0 Å². The van der Waals surface area contributed by atoms with Crippen LogP contribution < -0.4 is 0 Å². The Labute approximate surface area is 103 Å². The molecule has 0 aliphatic heterocycles. The summed E-state index contributed by atoms with van der Waals surface area (Å²) in [4.78, 5) is 21.6. The highest BCUT2D eigenvalue weighted by Crippen LogP contribution is 2.25. The molecular formula is C10H18O8. The molecule has 0 saturated carbocycles. The summed E-state index contributed by atoms with van der Waals surface area (Å²) in [5.74, 6) is -3.32. The number of aliphatic carboxylic acids is 2. The molecule has 4 atom stereocenters. The zero-order valence-corrected chi connectivity index (χ0v) is 10.1. The second-order valence-corrected chi connectivity index (χ2v) is 3.70. The average molecular weight is 266 g/mol. The smallest absolute Gasteiger partial charge is 0.338 e. The molecule has 8 heteroatoms. The number of aliphatic hydroxyl groups is 3. The molecule has 0 fully saturated rings. The van der Waals surface area contributed by atoms with Gasteiger partial charge in [0, 0.05) is 6.61 Å². The third kappa shape index (κ3) is 3.16. The SMILES string of the molecule is CCOC(CC)(C(=O)O)C(O)C(O)C(O)C(=O)O. The summed E-state index contributed by atoms with van der Waals surface area (Å²) in [5, 5.41) is 45.9. The van der Waals surface area contributed by atoms with E-state index in [0.717, 1.165) is 0 Å². The molecule has 0 spiro atoms. The zero-order chi connectivity index (χ0) is 14.5. The van der Waals surface area contributed by atoms with Crippen molar-refractivity contribution in [3.8, 4) is 0 Å². The van der Waals surface area contributed by atoms with Gasteiger partial charge in [0.1, 0.15) is 12.2 Å². The second kappa shape index (κ2) is 6.64. The summed E-state index contributed by atoms with van der Waals surface area (Å²) in [5.41, 5.74) is -2.16. The van der Waals surface area contributed by atoms with E-state index in [2.05, 4.69) is 0 Å². The van der Waals surface area contributed by atoms with Crippen LogP contribution in [0.2, 0.25) is 0 Å². The summed E-state index contributed by atoms with van der Waals surface area (Å²) >= 11 is 0. The maximum absolute atomic E-state index is 11.2. The van der Waals surface area contributed by atoms with E-state index in [1.165, 1.54) is 13.8 Å². The molecular weight excluding hydrogens is 248 g/mol. The fraction of sp³-hybridized carbons (Fsp3) is 0.800. The molecule has 0 rings (SSSR count). The minimum absolute atomic E-state index is 0.0624. The molecule has 0 aromatic carbocycles. The van der Waals surface area contributed by atoms with Crippen molar-refractivity contribution in [3.05, 3.63) is 0 Å². The van der Waals surface area contributed by atoms with E-state index in [-0.39, 0.29) is 13.0 Å². The molecule has 0 aromatic rings. The fourth-order valence-corrected chi connectivity index (χ4v) is 1.59. The van der Waals surface area contributed by atoms with Crippen LogP contribution in [0.3, 0.4) is 0 Å². The number of carboxylic acid groups (broad SMARTS) is 2. The van der Waals surface area contributed by atoms with Gasteiger partial charge < -0.3 is 30.3 Å². The molecule has 0 aliphatic rings. The van der Waals surface area contributed by atoms with E-state index in [4.69, 9.17) is 20.1 Å².